The van der Waals surface area contributed by atoms with Gasteiger partial charge in [0.15, 0.2) is 9.84 Å². The van der Waals surface area contributed by atoms with Crippen LogP contribution in [0.2, 0.25) is 5.15 Å². The molecule has 0 spiro atoms. The van der Waals surface area contributed by atoms with Crippen LogP contribution in [0.3, 0.4) is 0 Å². The van der Waals surface area contributed by atoms with Crippen molar-refractivity contribution in [3.8, 4) is 0 Å². The van der Waals surface area contributed by atoms with Gasteiger partial charge >= 0.3 is 0 Å². The van der Waals surface area contributed by atoms with Crippen LogP contribution in [0.4, 0.5) is 10.1 Å². The van der Waals surface area contributed by atoms with Gasteiger partial charge in [-0.1, -0.05) is 11.6 Å². The molecule has 0 aliphatic rings. The van der Waals surface area contributed by atoms with Crippen LogP contribution in [0.15, 0.2) is 41.4 Å². The highest BCUT2D eigenvalue weighted by atomic mass is 35.5. The van der Waals surface area contributed by atoms with Gasteiger partial charge in [-0.2, -0.15) is 0 Å². The van der Waals surface area contributed by atoms with E-state index in [1.807, 2.05) is 0 Å². The highest BCUT2D eigenvalue weighted by molar-refractivity contribution is 7.90. The molecule has 2 aromatic rings. The third-order valence-corrected chi connectivity index (χ3v) is 3.94. The summed E-state index contributed by atoms with van der Waals surface area (Å²) in [6.45, 7) is 0. The minimum atomic E-state index is -3.50. The fourth-order valence-corrected chi connectivity index (χ4v) is 2.29. The quantitative estimate of drug-likeness (QED) is 0.694. The second-order valence-electron chi connectivity index (χ2n) is 4.24. The number of carbonyl (C=O) groups excluding carboxylic acids is 1. The van der Waals surface area contributed by atoms with E-state index in [0.717, 1.165) is 24.5 Å². The number of rotatable bonds is 3. The van der Waals surface area contributed by atoms with Crippen molar-refractivity contribution in [3.05, 3.63) is 53.1 Å². The van der Waals surface area contributed by atoms with E-state index in [0.29, 0.717) is 0 Å². The maximum absolute atomic E-state index is 13.7. The van der Waals surface area contributed by atoms with Gasteiger partial charge in [-0.25, -0.2) is 17.8 Å². The molecular weight excluding hydrogens is 319 g/mol. The Bertz CT molecular complexity index is 792. The van der Waals surface area contributed by atoms with Crippen LogP contribution in [0, 0.1) is 5.82 Å². The summed E-state index contributed by atoms with van der Waals surface area (Å²) in [7, 11) is -3.50. The maximum Gasteiger partial charge on any atom is 0.257 e. The summed E-state index contributed by atoms with van der Waals surface area (Å²) in [6, 6.07) is 6.00. The number of hydrogen-bond donors (Lipinski definition) is 1. The minimum Gasteiger partial charge on any atom is -0.319 e. The number of benzene rings is 1. The molecule has 1 aromatic carbocycles. The van der Waals surface area contributed by atoms with E-state index in [-0.39, 0.29) is 21.3 Å². The SMILES string of the molecule is CS(=O)(=O)c1ccc(F)c(NC(=O)c2ccc(Cl)nc2)c1. The number of carbonyl (C=O) groups is 1. The Morgan fingerprint density at radius 2 is 2.00 bits per heavy atom. The predicted octanol–water partition coefficient (Wildman–Crippen LogP) is 2.53. The molecule has 2 rings (SSSR count). The average molecular weight is 329 g/mol. The molecule has 8 heteroatoms. The second kappa shape index (κ2) is 5.79. The first-order valence-electron chi connectivity index (χ1n) is 5.70. The Morgan fingerprint density at radius 1 is 1.29 bits per heavy atom. The molecule has 0 aliphatic carbocycles. The van der Waals surface area contributed by atoms with Crippen molar-refractivity contribution in [2.75, 3.05) is 11.6 Å². The Kier molecular flexibility index (Phi) is 4.24. The lowest BCUT2D eigenvalue weighted by Gasteiger charge is -2.08. The lowest BCUT2D eigenvalue weighted by molar-refractivity contribution is 0.102. The second-order valence-corrected chi connectivity index (χ2v) is 6.64. The lowest BCUT2D eigenvalue weighted by Crippen LogP contribution is -2.14. The highest BCUT2D eigenvalue weighted by Crippen LogP contribution is 2.20. The Labute approximate surface area is 125 Å². The molecule has 1 heterocycles. The molecule has 0 unspecified atom stereocenters. The summed E-state index contributed by atoms with van der Waals surface area (Å²) in [5, 5.41) is 2.52. The largest absolute Gasteiger partial charge is 0.319 e. The monoisotopic (exact) mass is 328 g/mol. The fraction of sp³-hybridized carbons (Fsp3) is 0.0769. The Balaban J connectivity index is 2.31. The Hall–Kier alpha value is -1.99. The van der Waals surface area contributed by atoms with Gasteiger partial charge in [-0.15, -0.1) is 0 Å². The van der Waals surface area contributed by atoms with Crippen molar-refractivity contribution in [2.24, 2.45) is 0 Å². The van der Waals surface area contributed by atoms with E-state index in [4.69, 9.17) is 11.6 Å². The molecular formula is C13H10ClFN2O3S. The van der Waals surface area contributed by atoms with Gasteiger partial charge in [0.25, 0.3) is 5.91 Å². The van der Waals surface area contributed by atoms with Crippen molar-refractivity contribution in [1.29, 1.82) is 0 Å². The van der Waals surface area contributed by atoms with Crippen molar-refractivity contribution in [1.82, 2.24) is 4.98 Å². The molecule has 1 N–H and O–H groups in total. The summed E-state index contributed by atoms with van der Waals surface area (Å²) < 4.78 is 36.5. The number of nitrogens with zero attached hydrogens (tertiary/aromatic N) is 1. The Morgan fingerprint density at radius 3 is 2.57 bits per heavy atom. The van der Waals surface area contributed by atoms with Crippen molar-refractivity contribution >= 4 is 33.0 Å². The van der Waals surface area contributed by atoms with Crippen molar-refractivity contribution < 1.29 is 17.6 Å². The van der Waals surface area contributed by atoms with E-state index in [9.17, 15) is 17.6 Å². The summed E-state index contributed by atoms with van der Waals surface area (Å²) in [5.74, 6) is -1.36. The van der Waals surface area contributed by atoms with Gasteiger partial charge in [0.05, 0.1) is 16.1 Å². The number of hydrogen-bond acceptors (Lipinski definition) is 4. The van der Waals surface area contributed by atoms with Gasteiger partial charge in [0.1, 0.15) is 11.0 Å². The molecule has 0 radical (unpaired) electrons. The average Bonchev–Trinajstić information content (AvgIpc) is 2.40. The molecule has 0 atom stereocenters. The minimum absolute atomic E-state index is 0.0894. The van der Waals surface area contributed by atoms with E-state index < -0.39 is 21.6 Å². The molecule has 5 nitrogen and oxygen atoms in total. The fourth-order valence-electron chi connectivity index (χ4n) is 1.54. The first kappa shape index (κ1) is 15.4. The van der Waals surface area contributed by atoms with E-state index in [1.54, 1.807) is 0 Å². The van der Waals surface area contributed by atoms with Gasteiger partial charge in [-0.05, 0) is 30.3 Å². The van der Waals surface area contributed by atoms with Gasteiger partial charge < -0.3 is 5.32 Å². The van der Waals surface area contributed by atoms with Crippen LogP contribution >= 0.6 is 11.6 Å². The number of sulfone groups is 1. The molecule has 0 saturated heterocycles. The molecule has 21 heavy (non-hydrogen) atoms. The van der Waals surface area contributed by atoms with Crippen LogP contribution in [-0.2, 0) is 9.84 Å². The number of halogens is 2. The molecule has 0 saturated carbocycles. The van der Waals surface area contributed by atoms with Crippen LogP contribution in [0.5, 0.6) is 0 Å². The van der Waals surface area contributed by atoms with E-state index in [1.165, 1.54) is 18.3 Å². The van der Waals surface area contributed by atoms with Crippen LogP contribution in [-0.4, -0.2) is 25.6 Å². The van der Waals surface area contributed by atoms with Crippen LogP contribution in [0.1, 0.15) is 10.4 Å². The predicted molar refractivity (Wildman–Crippen MR) is 76.7 cm³/mol. The number of aromatic nitrogens is 1. The van der Waals surface area contributed by atoms with E-state index >= 15 is 0 Å². The van der Waals surface area contributed by atoms with Crippen LogP contribution in [0.25, 0.3) is 0 Å². The normalized spacial score (nSPS) is 11.2. The zero-order chi connectivity index (χ0) is 15.6. The zero-order valence-corrected chi connectivity index (χ0v) is 12.4. The van der Waals surface area contributed by atoms with Gasteiger partial charge in [0.2, 0.25) is 0 Å². The van der Waals surface area contributed by atoms with Crippen molar-refractivity contribution in [3.63, 3.8) is 0 Å². The molecule has 0 bridgehead atoms. The smallest absolute Gasteiger partial charge is 0.257 e. The molecule has 1 aromatic heterocycles. The number of nitrogens with one attached hydrogen (secondary N) is 1. The number of anilines is 1. The standard InChI is InChI=1S/C13H10ClFN2O3S/c1-21(19,20)9-3-4-10(15)11(6-9)17-13(18)8-2-5-12(14)16-7-8/h2-7H,1H3,(H,17,18). The summed E-state index contributed by atoms with van der Waals surface area (Å²) in [6.07, 6.45) is 2.23. The molecule has 110 valence electrons. The van der Waals surface area contributed by atoms with Crippen LogP contribution < -0.4 is 5.32 Å². The van der Waals surface area contributed by atoms with Gasteiger partial charge in [-0.3, -0.25) is 4.79 Å². The first-order valence-corrected chi connectivity index (χ1v) is 7.97. The summed E-state index contributed by atoms with van der Waals surface area (Å²) in [4.78, 5) is 15.6. The summed E-state index contributed by atoms with van der Waals surface area (Å²) >= 11 is 5.60. The molecule has 0 fully saturated rings. The third-order valence-electron chi connectivity index (χ3n) is 2.60. The molecule has 1 amide bonds. The zero-order valence-electron chi connectivity index (χ0n) is 10.8. The molecule has 0 aliphatic heterocycles. The number of pyridine rings is 1. The van der Waals surface area contributed by atoms with E-state index in [2.05, 4.69) is 10.3 Å². The third kappa shape index (κ3) is 3.77. The van der Waals surface area contributed by atoms with Gasteiger partial charge in [0, 0.05) is 12.5 Å². The number of amides is 1. The van der Waals surface area contributed by atoms with Crippen molar-refractivity contribution in [2.45, 2.75) is 4.90 Å². The first-order chi connectivity index (χ1) is 9.77. The maximum atomic E-state index is 13.7. The highest BCUT2D eigenvalue weighted by Gasteiger charge is 2.14. The lowest BCUT2D eigenvalue weighted by atomic mass is 10.2. The summed E-state index contributed by atoms with van der Waals surface area (Å²) in [5.41, 5.74) is -0.0542. The topological polar surface area (TPSA) is 76.1 Å².